The third-order valence-corrected chi connectivity index (χ3v) is 6.54. The van der Waals surface area contributed by atoms with Crippen molar-refractivity contribution in [2.45, 2.75) is 0 Å². The van der Waals surface area contributed by atoms with Crippen molar-refractivity contribution in [3.05, 3.63) is 83.9 Å². The van der Waals surface area contributed by atoms with Crippen LogP contribution < -0.4 is 0 Å². The van der Waals surface area contributed by atoms with E-state index in [0.717, 1.165) is 27.1 Å². The summed E-state index contributed by atoms with van der Waals surface area (Å²) in [5.41, 5.74) is 4.18. The second-order valence-corrected chi connectivity index (χ2v) is 8.25. The van der Waals surface area contributed by atoms with Gasteiger partial charge in [-0.3, -0.25) is 0 Å². The molecular formula is C24H13ClOS. The van der Waals surface area contributed by atoms with E-state index in [1.807, 2.05) is 23.5 Å². The Morgan fingerprint density at radius 2 is 1.41 bits per heavy atom. The smallest absolute Gasteiger partial charge is 0.136 e. The number of benzene rings is 4. The lowest BCUT2D eigenvalue weighted by Crippen LogP contribution is -1.77. The first-order valence-corrected chi connectivity index (χ1v) is 10.00. The van der Waals surface area contributed by atoms with Crippen LogP contribution in [0.5, 0.6) is 0 Å². The third-order valence-electron chi connectivity index (χ3n) is 5.15. The van der Waals surface area contributed by atoms with Crippen molar-refractivity contribution >= 4 is 65.0 Å². The van der Waals surface area contributed by atoms with Crippen molar-refractivity contribution in [1.82, 2.24) is 0 Å². The van der Waals surface area contributed by atoms with Crippen molar-refractivity contribution in [1.29, 1.82) is 0 Å². The van der Waals surface area contributed by atoms with E-state index in [2.05, 4.69) is 66.7 Å². The fraction of sp³-hybridized carbons (Fsp3) is 0. The zero-order valence-corrected chi connectivity index (χ0v) is 15.8. The zero-order chi connectivity index (χ0) is 18.0. The summed E-state index contributed by atoms with van der Waals surface area (Å²) in [7, 11) is 0. The standard InChI is InChI=1S/C24H13ClOS/c25-16-8-5-14(6-9-16)15-7-10-19-18(13-15)23-20(26-19)11-12-22-24(23)17-3-1-2-4-21(17)27-22/h1-13H. The molecule has 0 saturated heterocycles. The van der Waals surface area contributed by atoms with Crippen molar-refractivity contribution < 1.29 is 4.42 Å². The first-order chi connectivity index (χ1) is 13.3. The highest BCUT2D eigenvalue weighted by Crippen LogP contribution is 2.43. The molecule has 4 aromatic carbocycles. The van der Waals surface area contributed by atoms with E-state index in [-0.39, 0.29) is 0 Å². The van der Waals surface area contributed by atoms with E-state index in [1.54, 1.807) is 0 Å². The monoisotopic (exact) mass is 384 g/mol. The molecule has 0 spiro atoms. The molecule has 0 saturated carbocycles. The minimum absolute atomic E-state index is 0.750. The summed E-state index contributed by atoms with van der Waals surface area (Å²) >= 11 is 7.88. The maximum atomic E-state index is 6.17. The Hall–Kier alpha value is -2.81. The highest BCUT2D eigenvalue weighted by Gasteiger charge is 2.15. The SMILES string of the molecule is Clc1ccc(-c2ccc3oc4ccc5sc6ccccc6c5c4c3c2)cc1. The Morgan fingerprint density at radius 1 is 0.630 bits per heavy atom. The highest BCUT2D eigenvalue weighted by molar-refractivity contribution is 7.26. The van der Waals surface area contributed by atoms with Crippen LogP contribution >= 0.6 is 22.9 Å². The summed E-state index contributed by atoms with van der Waals surface area (Å²) in [5, 5.41) is 5.70. The fourth-order valence-corrected chi connectivity index (χ4v) is 5.14. The van der Waals surface area contributed by atoms with Crippen LogP contribution in [0, 0.1) is 0 Å². The number of hydrogen-bond donors (Lipinski definition) is 0. The number of furan rings is 1. The van der Waals surface area contributed by atoms with Crippen LogP contribution in [0.15, 0.2) is 83.3 Å². The van der Waals surface area contributed by atoms with Crippen molar-refractivity contribution in [3.8, 4) is 11.1 Å². The van der Waals surface area contributed by atoms with Crippen molar-refractivity contribution in [2.24, 2.45) is 0 Å². The summed E-state index contributed by atoms with van der Waals surface area (Å²) in [5.74, 6) is 0. The van der Waals surface area contributed by atoms with E-state index in [4.69, 9.17) is 16.0 Å². The predicted molar refractivity (Wildman–Crippen MR) is 117 cm³/mol. The molecule has 0 aliphatic carbocycles. The van der Waals surface area contributed by atoms with Crippen LogP contribution in [0.4, 0.5) is 0 Å². The van der Waals surface area contributed by atoms with Crippen LogP contribution in [-0.4, -0.2) is 0 Å². The molecule has 6 rings (SSSR count). The molecule has 0 amide bonds. The Kier molecular flexibility index (Phi) is 3.16. The van der Waals surface area contributed by atoms with Gasteiger partial charge < -0.3 is 4.42 Å². The Balaban J connectivity index is 1.75. The van der Waals surface area contributed by atoms with Crippen LogP contribution in [0.1, 0.15) is 0 Å². The van der Waals surface area contributed by atoms with Gasteiger partial charge in [0.2, 0.25) is 0 Å². The van der Waals surface area contributed by atoms with Gasteiger partial charge in [0.1, 0.15) is 11.2 Å². The van der Waals surface area contributed by atoms with E-state index in [1.165, 1.54) is 31.1 Å². The third kappa shape index (κ3) is 2.24. The average molecular weight is 385 g/mol. The molecule has 2 heterocycles. The molecule has 0 N–H and O–H groups in total. The summed E-state index contributed by atoms with van der Waals surface area (Å²) in [4.78, 5) is 0. The normalized spacial score (nSPS) is 11.9. The minimum Gasteiger partial charge on any atom is -0.456 e. The Morgan fingerprint density at radius 3 is 2.30 bits per heavy atom. The van der Waals surface area contributed by atoms with Gasteiger partial charge in [0, 0.05) is 36.0 Å². The van der Waals surface area contributed by atoms with Gasteiger partial charge in [-0.2, -0.15) is 0 Å². The molecule has 128 valence electrons. The van der Waals surface area contributed by atoms with Gasteiger partial charge in [-0.1, -0.05) is 48.0 Å². The summed E-state index contributed by atoms with van der Waals surface area (Å²) in [6.07, 6.45) is 0. The number of fused-ring (bicyclic) bond motifs is 7. The molecule has 0 unspecified atom stereocenters. The zero-order valence-electron chi connectivity index (χ0n) is 14.2. The largest absolute Gasteiger partial charge is 0.456 e. The van der Waals surface area contributed by atoms with Crippen LogP contribution in [0.25, 0.3) is 53.2 Å². The van der Waals surface area contributed by atoms with Crippen LogP contribution in [0.2, 0.25) is 5.02 Å². The highest BCUT2D eigenvalue weighted by atomic mass is 35.5. The van der Waals surface area contributed by atoms with Crippen LogP contribution in [0.3, 0.4) is 0 Å². The number of halogens is 1. The lowest BCUT2D eigenvalue weighted by atomic mass is 10.0. The second kappa shape index (κ2) is 5.59. The molecule has 0 aliphatic rings. The van der Waals surface area contributed by atoms with Crippen LogP contribution in [-0.2, 0) is 0 Å². The minimum atomic E-state index is 0.750. The lowest BCUT2D eigenvalue weighted by molar-refractivity contribution is 0.669. The van der Waals surface area contributed by atoms with Gasteiger partial charge in [0.25, 0.3) is 0 Å². The molecule has 3 heteroatoms. The Bertz CT molecular complexity index is 1470. The molecule has 0 aliphatic heterocycles. The van der Waals surface area contributed by atoms with Gasteiger partial charge in [0.15, 0.2) is 0 Å². The van der Waals surface area contributed by atoms with Crippen molar-refractivity contribution in [3.63, 3.8) is 0 Å². The number of thiophene rings is 1. The first kappa shape index (κ1) is 15.3. The van der Waals surface area contributed by atoms with Gasteiger partial charge in [0.05, 0.1) is 0 Å². The van der Waals surface area contributed by atoms with E-state index in [9.17, 15) is 0 Å². The summed E-state index contributed by atoms with van der Waals surface area (Å²) in [6, 6.07) is 27.2. The number of hydrogen-bond acceptors (Lipinski definition) is 2. The summed E-state index contributed by atoms with van der Waals surface area (Å²) in [6.45, 7) is 0. The molecular weight excluding hydrogens is 372 g/mol. The molecule has 0 fully saturated rings. The topological polar surface area (TPSA) is 13.1 Å². The fourth-order valence-electron chi connectivity index (χ4n) is 3.90. The molecule has 0 radical (unpaired) electrons. The lowest BCUT2D eigenvalue weighted by Gasteiger charge is -2.02. The van der Waals surface area contributed by atoms with Crippen molar-refractivity contribution in [2.75, 3.05) is 0 Å². The Labute approximate surface area is 164 Å². The average Bonchev–Trinajstić information content (AvgIpc) is 3.25. The molecule has 6 aromatic rings. The van der Waals surface area contributed by atoms with Gasteiger partial charge in [-0.05, 0) is 53.6 Å². The maximum absolute atomic E-state index is 6.17. The van der Waals surface area contributed by atoms with Gasteiger partial charge in [-0.25, -0.2) is 0 Å². The molecule has 0 atom stereocenters. The van der Waals surface area contributed by atoms with Gasteiger partial charge >= 0.3 is 0 Å². The van der Waals surface area contributed by atoms with E-state index < -0.39 is 0 Å². The molecule has 0 bridgehead atoms. The summed E-state index contributed by atoms with van der Waals surface area (Å²) < 4.78 is 8.78. The quantitative estimate of drug-likeness (QED) is 0.278. The van der Waals surface area contributed by atoms with E-state index in [0.29, 0.717) is 0 Å². The maximum Gasteiger partial charge on any atom is 0.136 e. The second-order valence-electron chi connectivity index (χ2n) is 6.73. The number of rotatable bonds is 1. The van der Waals surface area contributed by atoms with Gasteiger partial charge in [-0.15, -0.1) is 11.3 Å². The van der Waals surface area contributed by atoms with E-state index >= 15 is 0 Å². The molecule has 1 nitrogen and oxygen atoms in total. The first-order valence-electron chi connectivity index (χ1n) is 8.80. The molecule has 27 heavy (non-hydrogen) atoms. The molecule has 2 aromatic heterocycles. The predicted octanol–water partition coefficient (Wildman–Crippen LogP) is 8.27.